The van der Waals surface area contributed by atoms with Crippen LogP contribution in [0.15, 0.2) is 0 Å². The van der Waals surface area contributed by atoms with Crippen LogP contribution in [0.25, 0.3) is 0 Å². The second-order valence-electron chi connectivity index (χ2n) is 2.01. The Morgan fingerprint density at radius 1 is 1.22 bits per heavy atom. The maximum absolute atomic E-state index is 5.81. The minimum atomic E-state index is -0.306. The lowest BCUT2D eigenvalue weighted by Crippen LogP contribution is -2.02. The van der Waals surface area contributed by atoms with E-state index in [-0.39, 0.29) is 10.2 Å². The SMILES string of the molecule is CCCC(Cl)CC(Cl)Cl. The van der Waals surface area contributed by atoms with Gasteiger partial charge in [-0.1, -0.05) is 13.3 Å². The van der Waals surface area contributed by atoms with Crippen molar-refractivity contribution in [3.63, 3.8) is 0 Å². The van der Waals surface area contributed by atoms with Crippen molar-refractivity contribution in [1.29, 1.82) is 0 Å². The van der Waals surface area contributed by atoms with E-state index in [0.29, 0.717) is 6.42 Å². The predicted molar refractivity (Wildman–Crippen MR) is 44.7 cm³/mol. The monoisotopic (exact) mass is 188 g/mol. The van der Waals surface area contributed by atoms with Gasteiger partial charge in [0.2, 0.25) is 0 Å². The summed E-state index contributed by atoms with van der Waals surface area (Å²) in [6.45, 7) is 2.09. The van der Waals surface area contributed by atoms with E-state index in [1.54, 1.807) is 0 Å². The Morgan fingerprint density at radius 3 is 2.11 bits per heavy atom. The Hall–Kier alpha value is 0.870. The second-order valence-corrected chi connectivity index (χ2v) is 3.91. The fraction of sp³-hybridized carbons (Fsp3) is 1.00. The van der Waals surface area contributed by atoms with Crippen molar-refractivity contribution in [2.24, 2.45) is 0 Å². The van der Waals surface area contributed by atoms with Crippen LogP contribution in [0.3, 0.4) is 0 Å². The summed E-state index contributed by atoms with van der Waals surface area (Å²) >= 11 is 16.8. The maximum atomic E-state index is 5.81. The fourth-order valence-corrected chi connectivity index (χ4v) is 1.63. The molecular formula is C6H11Cl3. The summed E-state index contributed by atoms with van der Waals surface area (Å²) in [6, 6.07) is 0. The first-order valence-electron chi connectivity index (χ1n) is 3.09. The third kappa shape index (κ3) is 6.76. The van der Waals surface area contributed by atoms with Crippen molar-refractivity contribution in [3.8, 4) is 0 Å². The van der Waals surface area contributed by atoms with Gasteiger partial charge in [0.05, 0.1) is 0 Å². The molecule has 0 spiro atoms. The summed E-state index contributed by atoms with van der Waals surface area (Å²) in [5.74, 6) is 0. The van der Waals surface area contributed by atoms with Gasteiger partial charge in [-0.3, -0.25) is 0 Å². The Morgan fingerprint density at radius 2 is 1.78 bits per heavy atom. The lowest BCUT2D eigenvalue weighted by Gasteiger charge is -2.06. The summed E-state index contributed by atoms with van der Waals surface area (Å²) < 4.78 is 0. The number of rotatable bonds is 4. The van der Waals surface area contributed by atoms with E-state index < -0.39 is 0 Å². The van der Waals surface area contributed by atoms with Crippen molar-refractivity contribution in [3.05, 3.63) is 0 Å². The van der Waals surface area contributed by atoms with Crippen molar-refractivity contribution in [1.82, 2.24) is 0 Å². The van der Waals surface area contributed by atoms with Gasteiger partial charge in [-0.05, 0) is 12.8 Å². The highest BCUT2D eigenvalue weighted by molar-refractivity contribution is 6.44. The van der Waals surface area contributed by atoms with Crippen LogP contribution in [-0.4, -0.2) is 10.2 Å². The largest absolute Gasteiger partial charge is 0.123 e. The van der Waals surface area contributed by atoms with Crippen LogP contribution in [0.5, 0.6) is 0 Å². The van der Waals surface area contributed by atoms with Gasteiger partial charge in [0.1, 0.15) is 4.84 Å². The lowest BCUT2D eigenvalue weighted by atomic mass is 10.2. The first-order chi connectivity index (χ1) is 4.16. The van der Waals surface area contributed by atoms with Crippen LogP contribution in [0, 0.1) is 0 Å². The molecule has 0 saturated heterocycles. The summed E-state index contributed by atoms with van der Waals surface area (Å²) in [7, 11) is 0. The molecule has 0 aliphatic rings. The molecule has 0 aromatic rings. The fourth-order valence-electron chi connectivity index (χ4n) is 0.624. The zero-order valence-corrected chi connectivity index (χ0v) is 7.68. The molecule has 0 aromatic heterocycles. The third-order valence-electron chi connectivity index (χ3n) is 1.04. The summed E-state index contributed by atoms with van der Waals surface area (Å²) in [6.07, 6.45) is 2.78. The van der Waals surface area contributed by atoms with Crippen LogP contribution >= 0.6 is 34.8 Å². The molecule has 56 valence electrons. The number of halogens is 3. The van der Waals surface area contributed by atoms with E-state index >= 15 is 0 Å². The normalized spacial score (nSPS) is 14.3. The molecule has 9 heavy (non-hydrogen) atoms. The van der Waals surface area contributed by atoms with Crippen molar-refractivity contribution >= 4 is 34.8 Å². The Bertz CT molecular complexity index is 63.3. The molecule has 0 bridgehead atoms. The Kier molecular flexibility index (Phi) is 6.18. The molecule has 1 atom stereocenters. The van der Waals surface area contributed by atoms with E-state index in [1.807, 2.05) is 0 Å². The van der Waals surface area contributed by atoms with Gasteiger partial charge in [-0.2, -0.15) is 0 Å². The van der Waals surface area contributed by atoms with Crippen molar-refractivity contribution < 1.29 is 0 Å². The van der Waals surface area contributed by atoms with Crippen molar-refractivity contribution in [2.45, 2.75) is 36.4 Å². The summed E-state index contributed by atoms with van der Waals surface area (Å²) in [5.41, 5.74) is 0. The average molecular weight is 190 g/mol. The van der Waals surface area contributed by atoms with E-state index in [1.165, 1.54) is 0 Å². The van der Waals surface area contributed by atoms with E-state index in [4.69, 9.17) is 34.8 Å². The lowest BCUT2D eigenvalue weighted by molar-refractivity contribution is 0.701. The van der Waals surface area contributed by atoms with Gasteiger partial charge in [0, 0.05) is 5.38 Å². The zero-order chi connectivity index (χ0) is 7.28. The van der Waals surface area contributed by atoms with Crippen LogP contribution in [-0.2, 0) is 0 Å². The van der Waals surface area contributed by atoms with Crippen LogP contribution in [0.1, 0.15) is 26.2 Å². The van der Waals surface area contributed by atoms with E-state index in [2.05, 4.69) is 6.92 Å². The molecular weight excluding hydrogens is 178 g/mol. The second kappa shape index (κ2) is 5.64. The Labute approximate surface area is 71.5 Å². The highest BCUT2D eigenvalue weighted by Crippen LogP contribution is 2.17. The number of hydrogen-bond acceptors (Lipinski definition) is 0. The van der Waals surface area contributed by atoms with Crippen LogP contribution in [0.2, 0.25) is 0 Å². The molecule has 0 heterocycles. The minimum absolute atomic E-state index is 0.148. The van der Waals surface area contributed by atoms with E-state index in [9.17, 15) is 0 Å². The molecule has 1 unspecified atom stereocenters. The molecule has 3 heteroatoms. The molecule has 0 fully saturated rings. The predicted octanol–water partition coefficient (Wildman–Crippen LogP) is 3.59. The molecule has 0 rings (SSSR count). The third-order valence-corrected chi connectivity index (χ3v) is 1.79. The molecule has 0 nitrogen and oxygen atoms in total. The van der Waals surface area contributed by atoms with Gasteiger partial charge in [-0.25, -0.2) is 0 Å². The highest BCUT2D eigenvalue weighted by atomic mass is 35.5. The van der Waals surface area contributed by atoms with Gasteiger partial charge in [0.15, 0.2) is 0 Å². The van der Waals surface area contributed by atoms with Gasteiger partial charge < -0.3 is 0 Å². The topological polar surface area (TPSA) is 0 Å². The molecule has 0 aromatic carbocycles. The van der Waals surface area contributed by atoms with Crippen molar-refractivity contribution in [2.75, 3.05) is 0 Å². The molecule has 0 N–H and O–H groups in total. The maximum Gasteiger partial charge on any atom is 0.109 e. The molecule has 0 radical (unpaired) electrons. The van der Waals surface area contributed by atoms with Gasteiger partial charge >= 0.3 is 0 Å². The average Bonchev–Trinajstić information content (AvgIpc) is 1.63. The molecule has 0 aliphatic heterocycles. The standard InChI is InChI=1S/C6H11Cl3/c1-2-3-5(7)4-6(8)9/h5-6H,2-4H2,1H3. The zero-order valence-electron chi connectivity index (χ0n) is 5.41. The number of alkyl halides is 3. The van der Waals surface area contributed by atoms with Crippen LogP contribution in [0.4, 0.5) is 0 Å². The first-order valence-corrected chi connectivity index (χ1v) is 4.40. The quantitative estimate of drug-likeness (QED) is 0.593. The molecule has 0 amide bonds. The minimum Gasteiger partial charge on any atom is -0.123 e. The van der Waals surface area contributed by atoms with Gasteiger partial charge in [0.25, 0.3) is 0 Å². The Balaban J connectivity index is 3.15. The molecule has 0 aliphatic carbocycles. The smallest absolute Gasteiger partial charge is 0.109 e. The first kappa shape index (κ1) is 9.87. The van der Waals surface area contributed by atoms with Crippen LogP contribution < -0.4 is 0 Å². The molecule has 0 saturated carbocycles. The summed E-state index contributed by atoms with van der Waals surface area (Å²) in [4.78, 5) is -0.306. The number of hydrogen-bond donors (Lipinski definition) is 0. The highest BCUT2D eigenvalue weighted by Gasteiger charge is 2.07. The summed E-state index contributed by atoms with van der Waals surface area (Å²) in [5, 5.41) is 0.148. The van der Waals surface area contributed by atoms with E-state index in [0.717, 1.165) is 12.8 Å². The van der Waals surface area contributed by atoms with Gasteiger partial charge in [-0.15, -0.1) is 34.8 Å².